The van der Waals surface area contributed by atoms with Gasteiger partial charge in [-0.1, -0.05) is 52.8 Å². The fourth-order valence-corrected chi connectivity index (χ4v) is 4.67. The van der Waals surface area contributed by atoms with Gasteiger partial charge in [0.25, 0.3) is 11.8 Å². The van der Waals surface area contributed by atoms with Crippen molar-refractivity contribution in [1.82, 2.24) is 0 Å². The number of hydrogen-bond donors (Lipinski definition) is 1. The molecule has 1 atom stereocenters. The second-order valence-corrected chi connectivity index (χ2v) is 8.87. The normalized spacial score (nSPS) is 16.2. The van der Waals surface area contributed by atoms with Crippen LogP contribution in [0.15, 0.2) is 66.7 Å². The summed E-state index contributed by atoms with van der Waals surface area (Å²) in [5.74, 6) is -0.127. The SMILES string of the molecule is CC.CC.CC1CCN(c2ccc(N3CCc4cc(C(=O)Nc5ccccc5)ccc4C3=O)cc2F)C1. The molecule has 3 aromatic rings. The first kappa shape index (κ1) is 27.9. The maximum absolute atomic E-state index is 14.9. The number of para-hydroxylation sites is 1. The monoisotopic (exact) mass is 503 g/mol. The number of fused-ring (bicyclic) bond motifs is 1. The van der Waals surface area contributed by atoms with Gasteiger partial charge >= 0.3 is 0 Å². The van der Waals surface area contributed by atoms with Gasteiger partial charge in [-0.3, -0.25) is 9.59 Å². The Morgan fingerprint density at radius 2 is 1.68 bits per heavy atom. The number of carbonyl (C=O) groups excluding carboxylic acids is 2. The van der Waals surface area contributed by atoms with Crippen LogP contribution in [-0.4, -0.2) is 31.4 Å². The second-order valence-electron chi connectivity index (χ2n) is 8.87. The Bertz CT molecular complexity index is 1210. The average molecular weight is 504 g/mol. The number of hydrogen-bond acceptors (Lipinski definition) is 3. The van der Waals surface area contributed by atoms with Gasteiger partial charge in [0.2, 0.25) is 0 Å². The van der Waals surface area contributed by atoms with Gasteiger partial charge < -0.3 is 15.1 Å². The lowest BCUT2D eigenvalue weighted by atomic mass is 9.96. The van der Waals surface area contributed by atoms with E-state index in [1.807, 2.05) is 64.1 Å². The van der Waals surface area contributed by atoms with Crippen LogP contribution in [0.4, 0.5) is 21.5 Å². The van der Waals surface area contributed by atoms with Crippen LogP contribution in [0.25, 0.3) is 0 Å². The number of halogens is 1. The number of rotatable bonds is 4. The summed E-state index contributed by atoms with van der Waals surface area (Å²) >= 11 is 0. The third kappa shape index (κ3) is 6.37. The van der Waals surface area contributed by atoms with Crippen LogP contribution in [0.2, 0.25) is 0 Å². The smallest absolute Gasteiger partial charge is 0.258 e. The molecular formula is C31H38FN3O2. The summed E-state index contributed by atoms with van der Waals surface area (Å²) in [6, 6.07) is 19.5. The molecule has 5 rings (SSSR count). The van der Waals surface area contributed by atoms with E-state index < -0.39 is 0 Å². The molecule has 1 fully saturated rings. The van der Waals surface area contributed by atoms with Crippen molar-refractivity contribution in [1.29, 1.82) is 0 Å². The van der Waals surface area contributed by atoms with E-state index in [-0.39, 0.29) is 17.6 Å². The van der Waals surface area contributed by atoms with Gasteiger partial charge in [0.1, 0.15) is 5.82 Å². The van der Waals surface area contributed by atoms with Gasteiger partial charge in [-0.2, -0.15) is 0 Å². The third-order valence-electron chi connectivity index (χ3n) is 6.49. The zero-order valence-corrected chi connectivity index (χ0v) is 22.6. The molecule has 5 nitrogen and oxygen atoms in total. The van der Waals surface area contributed by atoms with Crippen LogP contribution in [0.1, 0.15) is 67.3 Å². The molecule has 0 aliphatic carbocycles. The molecule has 2 aliphatic rings. The first-order valence-corrected chi connectivity index (χ1v) is 13.4. The minimum atomic E-state index is -0.298. The van der Waals surface area contributed by atoms with Gasteiger partial charge in [0, 0.05) is 42.1 Å². The number of nitrogens with zero attached hydrogens (tertiary/aromatic N) is 2. The van der Waals surface area contributed by atoms with E-state index in [0.717, 1.165) is 30.8 Å². The molecule has 0 radical (unpaired) electrons. The first-order chi connectivity index (χ1) is 18.0. The van der Waals surface area contributed by atoms with Crippen molar-refractivity contribution in [2.45, 2.75) is 47.5 Å². The molecule has 0 spiro atoms. The van der Waals surface area contributed by atoms with Crippen molar-refractivity contribution >= 4 is 28.9 Å². The van der Waals surface area contributed by atoms with E-state index in [2.05, 4.69) is 17.1 Å². The van der Waals surface area contributed by atoms with Crippen LogP contribution < -0.4 is 15.1 Å². The summed E-state index contributed by atoms with van der Waals surface area (Å²) in [7, 11) is 0. The average Bonchev–Trinajstić information content (AvgIpc) is 3.37. The number of anilines is 3. The number of benzene rings is 3. The van der Waals surface area contributed by atoms with Gasteiger partial charge in [-0.25, -0.2) is 4.39 Å². The van der Waals surface area contributed by atoms with Crippen molar-refractivity contribution in [3.05, 3.63) is 89.2 Å². The van der Waals surface area contributed by atoms with E-state index in [4.69, 9.17) is 0 Å². The number of amides is 2. The number of nitrogens with one attached hydrogen (secondary N) is 1. The van der Waals surface area contributed by atoms with Crippen LogP contribution in [0, 0.1) is 11.7 Å². The highest BCUT2D eigenvalue weighted by molar-refractivity contribution is 6.10. The molecule has 2 heterocycles. The summed E-state index contributed by atoms with van der Waals surface area (Å²) in [6.07, 6.45) is 1.66. The van der Waals surface area contributed by atoms with Crippen LogP contribution in [-0.2, 0) is 6.42 Å². The van der Waals surface area contributed by atoms with Crippen molar-refractivity contribution < 1.29 is 14.0 Å². The van der Waals surface area contributed by atoms with E-state index in [9.17, 15) is 14.0 Å². The van der Waals surface area contributed by atoms with Gasteiger partial charge in [0.15, 0.2) is 0 Å². The molecule has 3 aromatic carbocycles. The predicted molar refractivity (Wildman–Crippen MR) is 151 cm³/mol. The van der Waals surface area contributed by atoms with Crippen LogP contribution >= 0.6 is 0 Å². The third-order valence-corrected chi connectivity index (χ3v) is 6.49. The number of carbonyl (C=O) groups is 2. The Labute approximate surface area is 220 Å². The molecule has 0 aromatic heterocycles. The van der Waals surface area contributed by atoms with Crippen molar-refractivity contribution in [3.8, 4) is 0 Å². The van der Waals surface area contributed by atoms with E-state index in [1.54, 1.807) is 29.2 Å². The molecular weight excluding hydrogens is 465 g/mol. The molecule has 37 heavy (non-hydrogen) atoms. The fourth-order valence-electron chi connectivity index (χ4n) is 4.67. The van der Waals surface area contributed by atoms with E-state index in [0.29, 0.717) is 41.4 Å². The zero-order chi connectivity index (χ0) is 26.9. The van der Waals surface area contributed by atoms with Gasteiger partial charge in [-0.05, 0) is 72.9 Å². The summed E-state index contributed by atoms with van der Waals surface area (Å²) in [4.78, 5) is 29.5. The Hall–Kier alpha value is -3.67. The summed E-state index contributed by atoms with van der Waals surface area (Å²) in [5.41, 5.74) is 3.77. The molecule has 1 saturated heterocycles. The maximum Gasteiger partial charge on any atom is 0.258 e. The topological polar surface area (TPSA) is 52.6 Å². The van der Waals surface area contributed by atoms with Crippen molar-refractivity contribution in [2.24, 2.45) is 5.92 Å². The molecule has 2 aliphatic heterocycles. The summed E-state index contributed by atoms with van der Waals surface area (Å²) in [5, 5.41) is 2.87. The van der Waals surface area contributed by atoms with Crippen LogP contribution in [0.3, 0.4) is 0 Å². The largest absolute Gasteiger partial charge is 0.369 e. The molecule has 1 unspecified atom stereocenters. The standard InChI is InChI=1S/C27H26FN3O2.2C2H6/c1-18-11-13-30(17-18)25-10-8-22(16-24(25)28)31-14-12-19-15-20(7-9-23(19)27(31)33)26(32)29-21-5-3-2-4-6-21;2*1-2/h2-10,15-16,18H,11-14,17H2,1H3,(H,29,32);2*1-2H3. The Morgan fingerprint density at radius 3 is 2.32 bits per heavy atom. The molecule has 196 valence electrons. The quantitative estimate of drug-likeness (QED) is 0.410. The molecule has 0 bridgehead atoms. The van der Waals surface area contributed by atoms with Gasteiger partial charge in [0.05, 0.1) is 5.69 Å². The highest BCUT2D eigenvalue weighted by atomic mass is 19.1. The van der Waals surface area contributed by atoms with E-state index >= 15 is 0 Å². The molecule has 2 amide bonds. The molecule has 1 N–H and O–H groups in total. The predicted octanol–water partition coefficient (Wildman–Crippen LogP) is 7.18. The summed E-state index contributed by atoms with van der Waals surface area (Å²) in [6.45, 7) is 12.3. The second kappa shape index (κ2) is 13.0. The zero-order valence-electron chi connectivity index (χ0n) is 22.6. The molecule has 0 saturated carbocycles. The highest BCUT2D eigenvalue weighted by Crippen LogP contribution is 2.31. The van der Waals surface area contributed by atoms with Crippen molar-refractivity contribution in [3.63, 3.8) is 0 Å². The first-order valence-electron chi connectivity index (χ1n) is 13.4. The Morgan fingerprint density at radius 1 is 0.946 bits per heavy atom. The maximum atomic E-state index is 14.9. The van der Waals surface area contributed by atoms with Gasteiger partial charge in [-0.15, -0.1) is 0 Å². The fraction of sp³-hybridized carbons (Fsp3) is 0.355. The Balaban J connectivity index is 0.000000907. The van der Waals surface area contributed by atoms with Crippen LogP contribution in [0.5, 0.6) is 0 Å². The highest BCUT2D eigenvalue weighted by Gasteiger charge is 2.28. The lowest BCUT2D eigenvalue weighted by molar-refractivity contribution is 0.0977. The molecule has 6 heteroatoms. The minimum Gasteiger partial charge on any atom is -0.369 e. The van der Waals surface area contributed by atoms with E-state index in [1.165, 1.54) is 6.07 Å². The van der Waals surface area contributed by atoms with Crippen molar-refractivity contribution in [2.75, 3.05) is 34.8 Å². The lowest BCUT2D eigenvalue weighted by Crippen LogP contribution is -2.38. The minimum absolute atomic E-state index is 0.173. The summed E-state index contributed by atoms with van der Waals surface area (Å²) < 4.78 is 14.9. The lowest BCUT2D eigenvalue weighted by Gasteiger charge is -2.29. The Kier molecular flexibility index (Phi) is 9.84.